The first kappa shape index (κ1) is 12.4. The summed E-state index contributed by atoms with van der Waals surface area (Å²) in [6, 6.07) is 0. The van der Waals surface area contributed by atoms with Crippen LogP contribution in [0.15, 0.2) is 22.6 Å². The lowest BCUT2D eigenvalue weighted by Crippen LogP contribution is -2.24. The maximum atomic E-state index is 11.8. The van der Waals surface area contributed by atoms with E-state index in [1.54, 1.807) is 20.5 Å². The molecule has 0 N–H and O–H groups in total. The van der Waals surface area contributed by atoms with Crippen molar-refractivity contribution in [3.8, 4) is 0 Å². The van der Waals surface area contributed by atoms with Gasteiger partial charge in [-0.25, -0.2) is 9.78 Å². The Labute approximate surface area is 108 Å². The summed E-state index contributed by atoms with van der Waals surface area (Å²) in [5.74, 6) is 0.447. The van der Waals surface area contributed by atoms with Gasteiger partial charge >= 0.3 is 5.69 Å². The SMILES string of the molecule is CCn1ccn(CCc2nc(CCl)cs2)c1=O. The van der Waals surface area contributed by atoms with Gasteiger partial charge in [0.25, 0.3) is 0 Å². The third-order valence-corrected chi connectivity index (χ3v) is 3.79. The predicted molar refractivity (Wildman–Crippen MR) is 69.7 cm³/mol. The van der Waals surface area contributed by atoms with Crippen molar-refractivity contribution < 1.29 is 0 Å². The average molecular weight is 272 g/mol. The lowest BCUT2D eigenvalue weighted by molar-refractivity contribution is 0.625. The summed E-state index contributed by atoms with van der Waals surface area (Å²) < 4.78 is 3.40. The van der Waals surface area contributed by atoms with E-state index in [9.17, 15) is 4.79 Å². The number of hydrogen-bond donors (Lipinski definition) is 0. The van der Waals surface area contributed by atoms with Crippen LogP contribution in [0.1, 0.15) is 17.6 Å². The van der Waals surface area contributed by atoms with E-state index in [4.69, 9.17) is 11.6 Å². The summed E-state index contributed by atoms with van der Waals surface area (Å²) in [7, 11) is 0. The van der Waals surface area contributed by atoms with Gasteiger partial charge in [-0.1, -0.05) is 0 Å². The molecule has 0 aliphatic rings. The van der Waals surface area contributed by atoms with Crippen molar-refractivity contribution in [3.05, 3.63) is 39.0 Å². The molecule has 2 aromatic heterocycles. The number of aromatic nitrogens is 3. The Balaban J connectivity index is 2.02. The number of imidazole rings is 1. The topological polar surface area (TPSA) is 39.8 Å². The van der Waals surface area contributed by atoms with Gasteiger partial charge in [0.15, 0.2) is 0 Å². The molecule has 92 valence electrons. The molecule has 0 atom stereocenters. The highest BCUT2D eigenvalue weighted by Gasteiger charge is 2.04. The molecular weight excluding hydrogens is 258 g/mol. The Bertz CT molecular complexity index is 543. The van der Waals surface area contributed by atoms with Crippen LogP contribution < -0.4 is 5.69 Å². The van der Waals surface area contributed by atoms with Gasteiger partial charge in [-0.15, -0.1) is 22.9 Å². The minimum Gasteiger partial charge on any atom is -0.300 e. The molecule has 2 aromatic rings. The van der Waals surface area contributed by atoms with Crippen molar-refractivity contribution in [2.75, 3.05) is 0 Å². The Hall–Kier alpha value is -1.07. The lowest BCUT2D eigenvalue weighted by Gasteiger charge is -1.98. The zero-order chi connectivity index (χ0) is 12.3. The molecule has 4 nitrogen and oxygen atoms in total. The van der Waals surface area contributed by atoms with E-state index in [2.05, 4.69) is 4.98 Å². The maximum absolute atomic E-state index is 11.8. The Morgan fingerprint density at radius 1 is 1.41 bits per heavy atom. The molecule has 0 aliphatic carbocycles. The number of nitrogens with zero attached hydrogens (tertiary/aromatic N) is 3. The second-order valence-electron chi connectivity index (χ2n) is 3.68. The Morgan fingerprint density at radius 3 is 2.76 bits per heavy atom. The fourth-order valence-electron chi connectivity index (χ4n) is 1.61. The third kappa shape index (κ3) is 2.79. The summed E-state index contributed by atoms with van der Waals surface area (Å²) in [5.41, 5.74) is 0.951. The van der Waals surface area contributed by atoms with Gasteiger partial charge in [-0.3, -0.25) is 9.13 Å². The zero-order valence-corrected chi connectivity index (χ0v) is 11.2. The molecular formula is C11H14ClN3OS. The standard InChI is InChI=1S/C11H14ClN3OS/c1-2-14-5-6-15(11(14)16)4-3-10-13-9(7-12)8-17-10/h5-6,8H,2-4,7H2,1H3. The van der Waals surface area contributed by atoms with Gasteiger partial charge < -0.3 is 0 Å². The molecule has 0 aromatic carbocycles. The number of halogens is 1. The number of hydrogen-bond acceptors (Lipinski definition) is 3. The highest BCUT2D eigenvalue weighted by molar-refractivity contribution is 7.09. The molecule has 0 bridgehead atoms. The van der Waals surface area contributed by atoms with Gasteiger partial charge in [-0.05, 0) is 6.92 Å². The molecule has 0 spiro atoms. The first-order chi connectivity index (χ1) is 8.24. The first-order valence-electron chi connectivity index (χ1n) is 5.49. The van der Waals surface area contributed by atoms with Crippen molar-refractivity contribution >= 4 is 22.9 Å². The van der Waals surface area contributed by atoms with Crippen molar-refractivity contribution in [1.29, 1.82) is 0 Å². The minimum atomic E-state index is 0.0432. The summed E-state index contributed by atoms with van der Waals surface area (Å²) in [4.78, 5) is 16.1. The quantitative estimate of drug-likeness (QED) is 0.782. The van der Waals surface area contributed by atoms with Gasteiger partial charge in [0.2, 0.25) is 0 Å². The maximum Gasteiger partial charge on any atom is 0.328 e. The fourth-order valence-corrected chi connectivity index (χ4v) is 2.62. The van der Waals surface area contributed by atoms with E-state index in [1.165, 1.54) is 0 Å². The van der Waals surface area contributed by atoms with E-state index in [0.29, 0.717) is 19.0 Å². The average Bonchev–Trinajstić information content (AvgIpc) is 2.93. The number of rotatable bonds is 5. The molecule has 0 amide bonds. The van der Waals surface area contributed by atoms with Crippen LogP contribution in [0.4, 0.5) is 0 Å². The predicted octanol–water partition coefficient (Wildman–Crippen LogP) is 2.11. The molecule has 0 saturated heterocycles. The van der Waals surface area contributed by atoms with E-state index in [0.717, 1.165) is 17.1 Å². The first-order valence-corrected chi connectivity index (χ1v) is 6.90. The van der Waals surface area contributed by atoms with Crippen LogP contribution in [0.25, 0.3) is 0 Å². The van der Waals surface area contributed by atoms with Crippen LogP contribution in [-0.4, -0.2) is 14.1 Å². The monoisotopic (exact) mass is 271 g/mol. The summed E-state index contributed by atoms with van der Waals surface area (Å²) >= 11 is 7.28. The van der Waals surface area contributed by atoms with Gasteiger partial charge in [0, 0.05) is 37.3 Å². The molecule has 0 unspecified atom stereocenters. The van der Waals surface area contributed by atoms with E-state index in [1.807, 2.05) is 24.7 Å². The van der Waals surface area contributed by atoms with Gasteiger partial charge in [0.1, 0.15) is 0 Å². The smallest absolute Gasteiger partial charge is 0.300 e. The van der Waals surface area contributed by atoms with Crippen molar-refractivity contribution in [2.24, 2.45) is 0 Å². The molecule has 0 fully saturated rings. The van der Waals surface area contributed by atoms with E-state index in [-0.39, 0.29) is 5.69 Å². The summed E-state index contributed by atoms with van der Waals surface area (Å²) in [6.45, 7) is 3.33. The molecule has 0 aliphatic heterocycles. The van der Waals surface area contributed by atoms with Crippen molar-refractivity contribution in [3.63, 3.8) is 0 Å². The van der Waals surface area contributed by atoms with Crippen LogP contribution in [0.3, 0.4) is 0 Å². The van der Waals surface area contributed by atoms with Gasteiger partial charge in [0.05, 0.1) is 16.6 Å². The Kier molecular flexibility index (Phi) is 4.02. The number of alkyl halides is 1. The van der Waals surface area contributed by atoms with Crippen molar-refractivity contribution in [2.45, 2.75) is 32.3 Å². The van der Waals surface area contributed by atoms with Gasteiger partial charge in [-0.2, -0.15) is 0 Å². The Morgan fingerprint density at radius 2 is 2.18 bits per heavy atom. The largest absolute Gasteiger partial charge is 0.328 e. The molecule has 2 heterocycles. The number of aryl methyl sites for hydroxylation is 3. The van der Waals surface area contributed by atoms with Crippen LogP contribution in [0.5, 0.6) is 0 Å². The summed E-state index contributed by atoms with van der Waals surface area (Å²) in [5, 5.41) is 2.99. The third-order valence-electron chi connectivity index (χ3n) is 2.56. The molecule has 0 radical (unpaired) electrons. The van der Waals surface area contributed by atoms with Crippen LogP contribution in [0.2, 0.25) is 0 Å². The highest BCUT2D eigenvalue weighted by atomic mass is 35.5. The normalized spacial score (nSPS) is 10.9. The van der Waals surface area contributed by atoms with E-state index >= 15 is 0 Å². The molecule has 6 heteroatoms. The second-order valence-corrected chi connectivity index (χ2v) is 4.89. The minimum absolute atomic E-state index is 0.0432. The highest BCUT2D eigenvalue weighted by Crippen LogP contribution is 2.12. The fraction of sp³-hybridized carbons (Fsp3) is 0.455. The lowest BCUT2D eigenvalue weighted by atomic mass is 10.4. The summed E-state index contributed by atoms with van der Waals surface area (Å²) in [6.07, 6.45) is 4.41. The second kappa shape index (κ2) is 5.51. The molecule has 17 heavy (non-hydrogen) atoms. The molecule has 0 saturated carbocycles. The van der Waals surface area contributed by atoms with Crippen LogP contribution >= 0.6 is 22.9 Å². The zero-order valence-electron chi connectivity index (χ0n) is 9.60. The van der Waals surface area contributed by atoms with E-state index < -0.39 is 0 Å². The molecule has 2 rings (SSSR count). The van der Waals surface area contributed by atoms with Crippen LogP contribution in [-0.2, 0) is 25.4 Å². The van der Waals surface area contributed by atoms with Crippen molar-refractivity contribution in [1.82, 2.24) is 14.1 Å². The van der Waals surface area contributed by atoms with Crippen LogP contribution in [0, 0.1) is 0 Å². The number of thiazole rings is 1.